The van der Waals surface area contributed by atoms with Crippen LogP contribution < -0.4 is 0 Å². The SMILES string of the molecule is c1ccc(-c2c3ccccc3c(-c3ccc4c(c3)oc3cc(-c5ccc6oc7cc8ccccc8cc7c6c5)ccc34)c3ccccc23)cc1. The topological polar surface area (TPSA) is 26.3 Å². The summed E-state index contributed by atoms with van der Waals surface area (Å²) in [5.41, 5.74) is 10.7. The predicted molar refractivity (Wildman–Crippen MR) is 210 cm³/mol. The van der Waals surface area contributed by atoms with Crippen LogP contribution in [0.5, 0.6) is 0 Å². The molecule has 2 heterocycles. The largest absolute Gasteiger partial charge is 0.456 e. The molecule has 11 rings (SSSR count). The van der Waals surface area contributed by atoms with Crippen molar-refractivity contribution in [2.45, 2.75) is 0 Å². The minimum Gasteiger partial charge on any atom is -0.456 e. The standard InChI is InChI=1S/C48H28O2/c1-2-10-29(11-3-1)47-37-14-6-8-16-39(37)48(40-17-9-7-15-38(40)47)34-19-22-36-35-21-18-33(27-44(35)50-45(36)28-34)32-20-23-43-41(25-32)42-24-30-12-4-5-13-31(30)26-46(42)49-43/h1-28H. The van der Waals surface area contributed by atoms with Gasteiger partial charge in [-0.3, -0.25) is 0 Å². The Morgan fingerprint density at radius 2 is 0.700 bits per heavy atom. The molecule has 2 aromatic heterocycles. The summed E-state index contributed by atoms with van der Waals surface area (Å²) in [5, 5.41) is 11.8. The lowest BCUT2D eigenvalue weighted by Gasteiger charge is -2.17. The van der Waals surface area contributed by atoms with E-state index in [1.807, 2.05) is 0 Å². The first kappa shape index (κ1) is 27.3. The minimum absolute atomic E-state index is 0.881. The molecule has 0 spiro atoms. The lowest BCUT2D eigenvalue weighted by Crippen LogP contribution is -1.90. The quantitative estimate of drug-likeness (QED) is 0.180. The molecule has 0 aliphatic rings. The van der Waals surface area contributed by atoms with E-state index >= 15 is 0 Å². The Kier molecular flexibility index (Phi) is 5.70. The summed E-state index contributed by atoms with van der Waals surface area (Å²) in [6.45, 7) is 0. The van der Waals surface area contributed by atoms with E-state index in [1.165, 1.54) is 49.0 Å². The van der Waals surface area contributed by atoms with Crippen molar-refractivity contribution in [2.75, 3.05) is 0 Å². The highest BCUT2D eigenvalue weighted by Crippen LogP contribution is 2.45. The van der Waals surface area contributed by atoms with Crippen molar-refractivity contribution in [3.05, 3.63) is 170 Å². The second kappa shape index (κ2) is 10.4. The summed E-state index contributed by atoms with van der Waals surface area (Å²) in [7, 11) is 0. The van der Waals surface area contributed by atoms with Gasteiger partial charge in [-0.05, 0) is 114 Å². The fourth-order valence-electron chi connectivity index (χ4n) is 8.11. The molecule has 0 amide bonds. The van der Waals surface area contributed by atoms with Gasteiger partial charge < -0.3 is 8.83 Å². The van der Waals surface area contributed by atoms with Crippen LogP contribution in [-0.2, 0) is 0 Å². The third kappa shape index (κ3) is 4.03. The van der Waals surface area contributed by atoms with E-state index < -0.39 is 0 Å². The summed E-state index contributed by atoms with van der Waals surface area (Å²) < 4.78 is 12.9. The molecule has 11 aromatic rings. The van der Waals surface area contributed by atoms with E-state index in [1.54, 1.807) is 0 Å². The molecule has 0 N–H and O–H groups in total. The number of hydrogen-bond acceptors (Lipinski definition) is 2. The molecule has 0 unspecified atom stereocenters. The number of fused-ring (bicyclic) bond motifs is 9. The second-order valence-electron chi connectivity index (χ2n) is 13.2. The zero-order valence-corrected chi connectivity index (χ0v) is 27.0. The molecule has 0 atom stereocenters. The monoisotopic (exact) mass is 636 g/mol. The Labute approximate surface area is 287 Å². The molecule has 0 bridgehead atoms. The van der Waals surface area contributed by atoms with Crippen LogP contribution in [0.15, 0.2) is 179 Å². The van der Waals surface area contributed by atoms with Gasteiger partial charge in [-0.15, -0.1) is 0 Å². The van der Waals surface area contributed by atoms with Crippen molar-refractivity contribution >= 4 is 76.2 Å². The van der Waals surface area contributed by atoms with Gasteiger partial charge in [-0.2, -0.15) is 0 Å². The van der Waals surface area contributed by atoms with Gasteiger partial charge in [0.05, 0.1) is 0 Å². The molecule has 0 aliphatic heterocycles. The van der Waals surface area contributed by atoms with Gasteiger partial charge in [0, 0.05) is 21.5 Å². The molecule has 50 heavy (non-hydrogen) atoms. The molecule has 2 heteroatoms. The first-order valence-electron chi connectivity index (χ1n) is 17.1. The van der Waals surface area contributed by atoms with Gasteiger partial charge >= 0.3 is 0 Å². The van der Waals surface area contributed by atoms with E-state index in [4.69, 9.17) is 8.83 Å². The molecular weight excluding hydrogens is 609 g/mol. The Balaban J connectivity index is 1.06. The summed E-state index contributed by atoms with van der Waals surface area (Å²) in [5.74, 6) is 0. The number of furan rings is 2. The summed E-state index contributed by atoms with van der Waals surface area (Å²) in [4.78, 5) is 0. The van der Waals surface area contributed by atoms with Crippen molar-refractivity contribution in [3.63, 3.8) is 0 Å². The Bertz CT molecular complexity index is 3080. The van der Waals surface area contributed by atoms with Gasteiger partial charge in [0.2, 0.25) is 0 Å². The highest BCUT2D eigenvalue weighted by Gasteiger charge is 2.18. The normalized spacial score (nSPS) is 12.0. The zero-order chi connectivity index (χ0) is 32.8. The Morgan fingerprint density at radius 3 is 1.38 bits per heavy atom. The van der Waals surface area contributed by atoms with Gasteiger partial charge in [0.25, 0.3) is 0 Å². The van der Waals surface area contributed by atoms with Crippen LogP contribution in [-0.4, -0.2) is 0 Å². The fourth-order valence-corrected chi connectivity index (χ4v) is 8.11. The van der Waals surface area contributed by atoms with Crippen LogP contribution in [0, 0.1) is 0 Å². The minimum atomic E-state index is 0.881. The zero-order valence-electron chi connectivity index (χ0n) is 27.0. The first-order chi connectivity index (χ1) is 24.8. The van der Waals surface area contributed by atoms with Crippen LogP contribution in [0.25, 0.3) is 110 Å². The molecule has 0 aliphatic carbocycles. The van der Waals surface area contributed by atoms with Gasteiger partial charge in [0.15, 0.2) is 0 Å². The highest BCUT2D eigenvalue weighted by atomic mass is 16.3. The van der Waals surface area contributed by atoms with Crippen LogP contribution >= 0.6 is 0 Å². The van der Waals surface area contributed by atoms with Crippen LogP contribution in [0.1, 0.15) is 0 Å². The molecule has 0 saturated heterocycles. The van der Waals surface area contributed by atoms with Crippen molar-refractivity contribution in [1.82, 2.24) is 0 Å². The molecule has 2 nitrogen and oxygen atoms in total. The van der Waals surface area contributed by atoms with Crippen molar-refractivity contribution < 1.29 is 8.83 Å². The third-order valence-electron chi connectivity index (χ3n) is 10.4. The van der Waals surface area contributed by atoms with Gasteiger partial charge in [0.1, 0.15) is 22.3 Å². The first-order valence-corrected chi connectivity index (χ1v) is 17.1. The molecule has 0 saturated carbocycles. The average Bonchev–Trinajstić information content (AvgIpc) is 3.72. The van der Waals surface area contributed by atoms with Crippen LogP contribution in [0.2, 0.25) is 0 Å². The lowest BCUT2D eigenvalue weighted by atomic mass is 9.86. The van der Waals surface area contributed by atoms with Gasteiger partial charge in [-0.25, -0.2) is 0 Å². The Morgan fingerprint density at radius 1 is 0.240 bits per heavy atom. The smallest absolute Gasteiger partial charge is 0.136 e. The maximum atomic E-state index is 6.67. The third-order valence-corrected chi connectivity index (χ3v) is 10.4. The molecule has 9 aromatic carbocycles. The van der Waals surface area contributed by atoms with E-state index in [2.05, 4.69) is 170 Å². The number of rotatable bonds is 3. The van der Waals surface area contributed by atoms with Gasteiger partial charge in [-0.1, -0.05) is 121 Å². The van der Waals surface area contributed by atoms with E-state index in [-0.39, 0.29) is 0 Å². The predicted octanol–water partition coefficient (Wildman–Crippen LogP) is 13.9. The van der Waals surface area contributed by atoms with Crippen molar-refractivity contribution in [3.8, 4) is 33.4 Å². The van der Waals surface area contributed by atoms with E-state index in [0.717, 1.165) is 60.6 Å². The van der Waals surface area contributed by atoms with Crippen LogP contribution in [0.3, 0.4) is 0 Å². The van der Waals surface area contributed by atoms with Crippen LogP contribution in [0.4, 0.5) is 0 Å². The average molecular weight is 637 g/mol. The van der Waals surface area contributed by atoms with E-state index in [9.17, 15) is 0 Å². The lowest BCUT2D eigenvalue weighted by molar-refractivity contribution is 0.669. The highest BCUT2D eigenvalue weighted by molar-refractivity contribution is 6.22. The second-order valence-corrected chi connectivity index (χ2v) is 13.2. The van der Waals surface area contributed by atoms with E-state index in [0.29, 0.717) is 0 Å². The molecular formula is C48H28O2. The summed E-state index contributed by atoms with van der Waals surface area (Å²) in [6, 6.07) is 60.8. The Hall–Kier alpha value is -6.64. The molecule has 0 fully saturated rings. The maximum absolute atomic E-state index is 6.67. The summed E-state index contributed by atoms with van der Waals surface area (Å²) in [6.07, 6.45) is 0. The number of hydrogen-bond donors (Lipinski definition) is 0. The van der Waals surface area contributed by atoms with Crippen molar-refractivity contribution in [1.29, 1.82) is 0 Å². The maximum Gasteiger partial charge on any atom is 0.136 e. The number of benzene rings is 9. The summed E-state index contributed by atoms with van der Waals surface area (Å²) >= 11 is 0. The molecule has 0 radical (unpaired) electrons. The fraction of sp³-hybridized carbons (Fsp3) is 0. The molecule has 232 valence electrons. The van der Waals surface area contributed by atoms with Crippen molar-refractivity contribution in [2.24, 2.45) is 0 Å².